The van der Waals surface area contributed by atoms with Crippen LogP contribution in [0.1, 0.15) is 11.1 Å². The highest BCUT2D eigenvalue weighted by Gasteiger charge is 2.08. The minimum absolute atomic E-state index is 0.0628. The van der Waals surface area contributed by atoms with E-state index in [0.717, 1.165) is 27.4 Å². The molecule has 3 N–H and O–H groups in total. The summed E-state index contributed by atoms with van der Waals surface area (Å²) < 4.78 is 0. The molecule has 0 aliphatic heterocycles. The van der Waals surface area contributed by atoms with Crippen LogP contribution in [-0.4, -0.2) is 11.7 Å². The average molecular weight is 321 g/mol. The monoisotopic (exact) mass is 320 g/mol. The number of nitrogens with one attached hydrogen (secondary N) is 1. The molecule has 0 aliphatic carbocycles. The first-order valence-corrected chi connectivity index (χ1v) is 7.87. The predicted octanol–water partition coefficient (Wildman–Crippen LogP) is 4.27. The lowest BCUT2D eigenvalue weighted by Gasteiger charge is -2.10. The zero-order chi connectivity index (χ0) is 15.4. The summed E-state index contributed by atoms with van der Waals surface area (Å²) in [5.74, 6) is 0.267. The first-order chi connectivity index (χ1) is 9.97. The van der Waals surface area contributed by atoms with Crippen LogP contribution in [0.25, 0.3) is 0 Å². The third-order valence-corrected chi connectivity index (χ3v) is 4.55. The quantitative estimate of drug-likeness (QED) is 0.653. The molecule has 0 radical (unpaired) electrons. The van der Waals surface area contributed by atoms with Crippen LogP contribution < -0.4 is 11.1 Å². The van der Waals surface area contributed by atoms with E-state index in [1.165, 1.54) is 11.8 Å². The van der Waals surface area contributed by atoms with Crippen LogP contribution in [-0.2, 0) is 4.79 Å². The molecule has 0 atom stereocenters. The molecule has 3 nitrogen and oxygen atoms in total. The van der Waals surface area contributed by atoms with E-state index in [0.29, 0.717) is 10.8 Å². The Bertz CT molecular complexity index is 673. The maximum Gasteiger partial charge on any atom is 0.234 e. The van der Waals surface area contributed by atoms with Crippen LogP contribution in [0.3, 0.4) is 0 Å². The first-order valence-electron chi connectivity index (χ1n) is 6.51. The molecular weight excluding hydrogens is 304 g/mol. The van der Waals surface area contributed by atoms with Crippen LogP contribution in [0.5, 0.6) is 0 Å². The standard InChI is InChI=1S/C16H17ClN2OS/c1-10-6-7-12(17)8-14(10)19-16(20)9-21-15-5-3-4-13(18)11(15)2/h3-8H,9,18H2,1-2H3,(H,19,20). The van der Waals surface area contributed by atoms with Crippen molar-refractivity contribution in [2.24, 2.45) is 0 Å². The molecule has 0 heterocycles. The molecule has 110 valence electrons. The lowest BCUT2D eigenvalue weighted by atomic mass is 10.2. The van der Waals surface area contributed by atoms with E-state index in [-0.39, 0.29) is 5.91 Å². The van der Waals surface area contributed by atoms with Crippen LogP contribution in [0, 0.1) is 13.8 Å². The highest BCUT2D eigenvalue weighted by Crippen LogP contribution is 2.26. The largest absolute Gasteiger partial charge is 0.398 e. The molecule has 2 aromatic carbocycles. The molecule has 2 rings (SSSR count). The Labute approximate surface area is 133 Å². The van der Waals surface area contributed by atoms with Crippen molar-refractivity contribution in [1.82, 2.24) is 0 Å². The van der Waals surface area contributed by atoms with Gasteiger partial charge < -0.3 is 11.1 Å². The van der Waals surface area contributed by atoms with E-state index in [9.17, 15) is 4.79 Å². The normalized spacial score (nSPS) is 10.4. The fourth-order valence-corrected chi connectivity index (χ4v) is 2.89. The highest BCUT2D eigenvalue weighted by molar-refractivity contribution is 8.00. The maximum absolute atomic E-state index is 12.0. The molecule has 0 spiro atoms. The number of nitrogens with two attached hydrogens (primary N) is 1. The summed E-state index contributed by atoms with van der Waals surface area (Å²) in [4.78, 5) is 13.1. The summed E-state index contributed by atoms with van der Waals surface area (Å²) >= 11 is 7.41. The fourth-order valence-electron chi connectivity index (χ4n) is 1.85. The molecule has 21 heavy (non-hydrogen) atoms. The minimum atomic E-state index is -0.0628. The van der Waals surface area contributed by atoms with Crippen molar-refractivity contribution in [2.45, 2.75) is 18.7 Å². The molecule has 5 heteroatoms. The Morgan fingerprint density at radius 2 is 2.05 bits per heavy atom. The third kappa shape index (κ3) is 4.16. The van der Waals surface area contributed by atoms with Crippen molar-refractivity contribution in [3.8, 4) is 0 Å². The summed E-state index contributed by atoms with van der Waals surface area (Å²) in [5, 5.41) is 3.49. The van der Waals surface area contributed by atoms with Crippen LogP contribution >= 0.6 is 23.4 Å². The Hall–Kier alpha value is -1.65. The second kappa shape index (κ2) is 6.87. The summed E-state index contributed by atoms with van der Waals surface area (Å²) in [6, 6.07) is 11.2. The van der Waals surface area contributed by atoms with E-state index in [1.54, 1.807) is 12.1 Å². The minimum Gasteiger partial charge on any atom is -0.398 e. The molecule has 0 fully saturated rings. The van der Waals surface area contributed by atoms with E-state index < -0.39 is 0 Å². The van der Waals surface area contributed by atoms with Crippen molar-refractivity contribution >= 4 is 40.6 Å². The lowest BCUT2D eigenvalue weighted by molar-refractivity contribution is -0.113. The fraction of sp³-hybridized carbons (Fsp3) is 0.188. The zero-order valence-electron chi connectivity index (χ0n) is 11.9. The van der Waals surface area contributed by atoms with E-state index >= 15 is 0 Å². The van der Waals surface area contributed by atoms with Gasteiger partial charge in [-0.15, -0.1) is 11.8 Å². The number of hydrogen-bond donors (Lipinski definition) is 2. The van der Waals surface area contributed by atoms with Crippen molar-refractivity contribution in [3.05, 3.63) is 52.5 Å². The third-order valence-electron chi connectivity index (χ3n) is 3.16. The zero-order valence-corrected chi connectivity index (χ0v) is 13.5. The van der Waals surface area contributed by atoms with Crippen LogP contribution in [0.4, 0.5) is 11.4 Å². The van der Waals surface area contributed by atoms with Gasteiger partial charge in [0.15, 0.2) is 0 Å². The molecule has 0 saturated heterocycles. The van der Waals surface area contributed by atoms with Crippen molar-refractivity contribution < 1.29 is 4.79 Å². The Kier molecular flexibility index (Phi) is 5.15. The maximum atomic E-state index is 12.0. The lowest BCUT2D eigenvalue weighted by Crippen LogP contribution is -2.15. The average Bonchev–Trinajstić information content (AvgIpc) is 2.44. The summed E-state index contributed by atoms with van der Waals surface area (Å²) in [6.07, 6.45) is 0. The topological polar surface area (TPSA) is 55.1 Å². The molecular formula is C16H17ClN2OS. The van der Waals surface area contributed by atoms with Gasteiger partial charge in [-0.2, -0.15) is 0 Å². The molecule has 1 amide bonds. The van der Waals surface area contributed by atoms with Crippen molar-refractivity contribution in [1.29, 1.82) is 0 Å². The van der Waals surface area contributed by atoms with Gasteiger partial charge in [0.05, 0.1) is 5.75 Å². The number of rotatable bonds is 4. The van der Waals surface area contributed by atoms with Gasteiger partial charge in [-0.1, -0.05) is 23.7 Å². The van der Waals surface area contributed by atoms with Gasteiger partial charge in [-0.05, 0) is 49.2 Å². The Morgan fingerprint density at radius 3 is 2.81 bits per heavy atom. The number of anilines is 2. The summed E-state index contributed by atoms with van der Waals surface area (Å²) in [6.45, 7) is 3.89. The first kappa shape index (κ1) is 15.7. The van der Waals surface area contributed by atoms with Crippen LogP contribution in [0.15, 0.2) is 41.3 Å². The van der Waals surface area contributed by atoms with E-state index in [1.807, 2.05) is 38.1 Å². The van der Waals surface area contributed by atoms with Gasteiger partial charge in [-0.25, -0.2) is 0 Å². The van der Waals surface area contributed by atoms with Crippen molar-refractivity contribution in [2.75, 3.05) is 16.8 Å². The smallest absolute Gasteiger partial charge is 0.234 e. The van der Waals surface area contributed by atoms with Gasteiger partial charge in [0.2, 0.25) is 5.91 Å². The number of thioether (sulfide) groups is 1. The van der Waals surface area contributed by atoms with Gasteiger partial charge in [0.1, 0.15) is 0 Å². The molecule has 0 aliphatic rings. The Balaban J connectivity index is 1.99. The highest BCUT2D eigenvalue weighted by atomic mass is 35.5. The number of halogens is 1. The second-order valence-corrected chi connectivity index (χ2v) is 6.22. The Morgan fingerprint density at radius 1 is 1.29 bits per heavy atom. The van der Waals surface area contributed by atoms with Crippen molar-refractivity contribution in [3.63, 3.8) is 0 Å². The molecule has 0 saturated carbocycles. The summed E-state index contributed by atoms with van der Waals surface area (Å²) in [5.41, 5.74) is 9.34. The number of amides is 1. The summed E-state index contributed by atoms with van der Waals surface area (Å²) in [7, 11) is 0. The second-order valence-electron chi connectivity index (χ2n) is 4.77. The molecule has 2 aromatic rings. The van der Waals surface area contributed by atoms with E-state index in [4.69, 9.17) is 17.3 Å². The molecule has 0 aromatic heterocycles. The number of aryl methyl sites for hydroxylation is 1. The number of hydrogen-bond acceptors (Lipinski definition) is 3. The SMILES string of the molecule is Cc1ccc(Cl)cc1NC(=O)CSc1cccc(N)c1C. The van der Waals surface area contributed by atoms with E-state index in [2.05, 4.69) is 5.32 Å². The van der Waals surface area contributed by atoms with Gasteiger partial charge in [0.25, 0.3) is 0 Å². The number of nitrogen functional groups attached to an aromatic ring is 1. The number of benzene rings is 2. The van der Waals surface area contributed by atoms with Crippen LogP contribution in [0.2, 0.25) is 5.02 Å². The number of carbonyl (C=O) groups is 1. The van der Waals surface area contributed by atoms with Gasteiger partial charge >= 0.3 is 0 Å². The van der Waals surface area contributed by atoms with Gasteiger partial charge in [0, 0.05) is 21.3 Å². The van der Waals surface area contributed by atoms with Gasteiger partial charge in [-0.3, -0.25) is 4.79 Å². The molecule has 0 unspecified atom stereocenters. The molecule has 0 bridgehead atoms. The number of carbonyl (C=O) groups excluding carboxylic acids is 1. The predicted molar refractivity (Wildman–Crippen MR) is 91.1 cm³/mol.